The summed E-state index contributed by atoms with van der Waals surface area (Å²) < 4.78 is 85.2. The summed E-state index contributed by atoms with van der Waals surface area (Å²) in [5.41, 5.74) is 1.48. The van der Waals surface area contributed by atoms with E-state index in [1.54, 1.807) is 0 Å². The van der Waals surface area contributed by atoms with E-state index >= 15 is 0 Å². The molecule has 0 aliphatic rings. The number of hydrogen-bond donors (Lipinski definition) is 1. The highest BCUT2D eigenvalue weighted by Gasteiger charge is 2.40. The van der Waals surface area contributed by atoms with E-state index in [0.29, 0.717) is 0 Å². The van der Waals surface area contributed by atoms with Crippen LogP contribution in [0.3, 0.4) is 0 Å². The third-order valence-electron chi connectivity index (χ3n) is 3.59. The third kappa shape index (κ3) is 2.74. The molecule has 3 nitrogen and oxygen atoms in total. The highest BCUT2D eigenvalue weighted by atomic mass is 79.9. The fourth-order valence-electron chi connectivity index (χ4n) is 2.56. The quantitative estimate of drug-likeness (QED) is 0.546. The van der Waals surface area contributed by atoms with Crippen LogP contribution in [-0.2, 0) is 6.18 Å². The zero-order valence-corrected chi connectivity index (χ0v) is 13.9. The zero-order valence-electron chi connectivity index (χ0n) is 12.3. The van der Waals surface area contributed by atoms with Crippen LogP contribution in [0.2, 0.25) is 0 Å². The summed E-state index contributed by atoms with van der Waals surface area (Å²) in [6.45, 7) is 0. The van der Waals surface area contributed by atoms with Gasteiger partial charge in [0, 0.05) is 15.9 Å². The second-order valence-electron chi connectivity index (χ2n) is 5.19. The highest BCUT2D eigenvalue weighted by molar-refractivity contribution is 9.10. The second-order valence-corrected chi connectivity index (χ2v) is 5.98. The molecule has 3 rings (SSSR count). The van der Waals surface area contributed by atoms with Crippen molar-refractivity contribution in [3.8, 4) is 11.3 Å². The maximum Gasteiger partial charge on any atom is 0.420 e. The molecular formula is C16H6BrF6NO2. The molecule has 0 aliphatic carbocycles. The predicted molar refractivity (Wildman–Crippen MR) is 82.7 cm³/mol. The van der Waals surface area contributed by atoms with E-state index in [1.807, 2.05) is 0 Å². The van der Waals surface area contributed by atoms with Crippen LogP contribution in [0.5, 0.6) is 0 Å². The van der Waals surface area contributed by atoms with Gasteiger partial charge in [-0.2, -0.15) is 13.2 Å². The molecule has 136 valence electrons. The molecule has 0 bridgehead atoms. The maximum atomic E-state index is 14.3. The van der Waals surface area contributed by atoms with Gasteiger partial charge >= 0.3 is 6.18 Å². The number of rotatable bonds is 2. The van der Waals surface area contributed by atoms with Crippen LogP contribution in [-0.4, -0.2) is 5.91 Å². The molecule has 0 aliphatic heterocycles. The van der Waals surface area contributed by atoms with Gasteiger partial charge < -0.3 is 10.2 Å². The van der Waals surface area contributed by atoms with Crippen LogP contribution >= 0.6 is 15.9 Å². The molecule has 0 saturated heterocycles. The Labute approximate surface area is 149 Å². The zero-order chi connectivity index (χ0) is 19.4. The number of carbonyl (C=O) groups is 1. The number of hydrogen-bond acceptors (Lipinski definition) is 2. The summed E-state index contributed by atoms with van der Waals surface area (Å²) in [4.78, 5) is 11.8. The summed E-state index contributed by atoms with van der Waals surface area (Å²) in [5.74, 6) is -6.19. The van der Waals surface area contributed by atoms with Crippen molar-refractivity contribution in [1.29, 1.82) is 0 Å². The summed E-state index contributed by atoms with van der Waals surface area (Å²) in [6.07, 6.45) is -5.17. The molecule has 1 amide bonds. The molecule has 0 fully saturated rings. The molecular weight excluding hydrogens is 432 g/mol. The fraction of sp³-hybridized carbons (Fsp3) is 0.0625. The lowest BCUT2D eigenvalue weighted by molar-refractivity contribution is -0.140. The Kier molecular flexibility index (Phi) is 4.26. The Morgan fingerprint density at radius 3 is 2.31 bits per heavy atom. The molecule has 2 aromatic carbocycles. The van der Waals surface area contributed by atoms with E-state index < -0.39 is 62.0 Å². The predicted octanol–water partition coefficient (Wildman–Crippen LogP) is 5.40. The van der Waals surface area contributed by atoms with Gasteiger partial charge in [0.25, 0.3) is 5.91 Å². The first-order valence-electron chi connectivity index (χ1n) is 6.80. The Morgan fingerprint density at radius 1 is 1.08 bits per heavy atom. The Balaban J connectivity index is 2.47. The molecule has 1 heterocycles. The van der Waals surface area contributed by atoms with Gasteiger partial charge in [0.1, 0.15) is 17.2 Å². The lowest BCUT2D eigenvalue weighted by Crippen LogP contribution is -2.14. The molecule has 0 atom stereocenters. The van der Waals surface area contributed by atoms with Gasteiger partial charge in [0.2, 0.25) is 0 Å². The monoisotopic (exact) mass is 437 g/mol. The van der Waals surface area contributed by atoms with Crippen molar-refractivity contribution in [2.45, 2.75) is 6.18 Å². The Hall–Kier alpha value is -2.49. The largest absolute Gasteiger partial charge is 0.452 e. The summed E-state index contributed by atoms with van der Waals surface area (Å²) in [7, 11) is 0. The normalized spacial score (nSPS) is 12.0. The first-order chi connectivity index (χ1) is 12.0. The van der Waals surface area contributed by atoms with Crippen molar-refractivity contribution < 1.29 is 35.6 Å². The molecule has 0 unspecified atom stereocenters. The number of nitrogens with two attached hydrogens (primary N) is 1. The van der Waals surface area contributed by atoms with Gasteiger partial charge in [-0.1, -0.05) is 12.1 Å². The number of halogens is 7. The molecule has 1 aromatic heterocycles. The number of benzene rings is 2. The Morgan fingerprint density at radius 2 is 1.73 bits per heavy atom. The van der Waals surface area contributed by atoms with Crippen molar-refractivity contribution >= 4 is 32.8 Å². The number of primary amides is 1. The summed E-state index contributed by atoms with van der Waals surface area (Å²) in [6, 6.07) is 3.40. The van der Waals surface area contributed by atoms with Crippen molar-refractivity contribution in [3.05, 3.63) is 57.3 Å². The second kappa shape index (κ2) is 6.04. The number of amides is 1. The molecule has 0 spiro atoms. The lowest BCUT2D eigenvalue weighted by Gasteiger charge is -2.14. The van der Waals surface area contributed by atoms with E-state index in [2.05, 4.69) is 15.9 Å². The van der Waals surface area contributed by atoms with Crippen LogP contribution in [0, 0.1) is 17.5 Å². The minimum absolute atomic E-state index is 0.00274. The van der Waals surface area contributed by atoms with Crippen molar-refractivity contribution in [1.82, 2.24) is 0 Å². The number of furan rings is 1. The van der Waals surface area contributed by atoms with Crippen LogP contribution in [0.1, 0.15) is 15.9 Å². The van der Waals surface area contributed by atoms with Crippen LogP contribution < -0.4 is 5.73 Å². The van der Waals surface area contributed by atoms with Gasteiger partial charge in [-0.15, -0.1) is 0 Å². The average Bonchev–Trinajstić information content (AvgIpc) is 2.85. The first kappa shape index (κ1) is 18.3. The minimum Gasteiger partial charge on any atom is -0.452 e. The topological polar surface area (TPSA) is 56.2 Å². The fourth-order valence-corrected chi connectivity index (χ4v) is 3.35. The Bertz CT molecular complexity index is 1060. The molecule has 2 N–H and O–H groups in total. The number of alkyl halides is 3. The average molecular weight is 438 g/mol. The van der Waals surface area contributed by atoms with Crippen molar-refractivity contribution in [3.63, 3.8) is 0 Å². The van der Waals surface area contributed by atoms with Crippen LogP contribution in [0.4, 0.5) is 26.3 Å². The smallest absolute Gasteiger partial charge is 0.420 e. The van der Waals surface area contributed by atoms with Gasteiger partial charge in [-0.25, -0.2) is 13.2 Å². The van der Waals surface area contributed by atoms with E-state index in [0.717, 1.165) is 6.07 Å². The molecule has 0 saturated carbocycles. The lowest BCUT2D eigenvalue weighted by atomic mass is 10.0. The summed E-state index contributed by atoms with van der Waals surface area (Å²) in [5, 5.41) is -0.156. The van der Waals surface area contributed by atoms with Gasteiger partial charge in [0.15, 0.2) is 17.2 Å². The number of fused-ring (bicyclic) bond motifs is 1. The van der Waals surface area contributed by atoms with E-state index in [1.165, 1.54) is 12.1 Å². The van der Waals surface area contributed by atoms with Crippen LogP contribution in [0.25, 0.3) is 22.3 Å². The SMILES string of the molecule is NC(=O)c1c(-c2c(F)cc(F)c(C(F)(F)F)c2Br)oc2c(F)cccc12. The van der Waals surface area contributed by atoms with E-state index in [9.17, 15) is 31.1 Å². The van der Waals surface area contributed by atoms with E-state index in [-0.39, 0.29) is 11.5 Å². The first-order valence-corrected chi connectivity index (χ1v) is 7.59. The van der Waals surface area contributed by atoms with Crippen LogP contribution in [0.15, 0.2) is 33.2 Å². The standard InChI is InChI=1S/C16H6BrF6NO2/c17-12-10(7(19)4-8(20)11(12)16(21,22)23)14-9(15(24)25)5-2-1-3-6(18)13(5)26-14/h1-4H,(H2,24,25). The van der Waals surface area contributed by atoms with E-state index in [4.69, 9.17) is 10.2 Å². The molecule has 26 heavy (non-hydrogen) atoms. The third-order valence-corrected chi connectivity index (χ3v) is 4.39. The molecule has 3 aromatic rings. The highest BCUT2D eigenvalue weighted by Crippen LogP contribution is 2.45. The maximum absolute atomic E-state index is 14.3. The van der Waals surface area contributed by atoms with Crippen molar-refractivity contribution in [2.75, 3.05) is 0 Å². The van der Waals surface area contributed by atoms with Crippen molar-refractivity contribution in [2.24, 2.45) is 5.73 Å². The minimum atomic E-state index is -5.17. The van der Waals surface area contributed by atoms with Gasteiger partial charge in [-0.3, -0.25) is 4.79 Å². The number of carbonyl (C=O) groups excluding carboxylic acids is 1. The number of para-hydroxylation sites is 1. The van der Waals surface area contributed by atoms with Gasteiger partial charge in [0.05, 0.1) is 11.1 Å². The molecule has 0 radical (unpaired) electrons. The van der Waals surface area contributed by atoms with Gasteiger partial charge in [-0.05, 0) is 22.0 Å². The summed E-state index contributed by atoms with van der Waals surface area (Å²) >= 11 is 2.51. The molecule has 10 heteroatoms.